The maximum absolute atomic E-state index is 13.3. The SMILES string of the molecule is CCCCC1(CC)COP(=O)(Cc2ccc(NC(=O)/C=C/c3cnn(C)c3-c3ccc(F)cc3)cc2)OC1. The van der Waals surface area contributed by atoms with Crippen LogP contribution >= 0.6 is 7.60 Å². The maximum atomic E-state index is 13.3. The molecule has 0 unspecified atom stereocenters. The van der Waals surface area contributed by atoms with E-state index in [1.807, 2.05) is 12.1 Å². The van der Waals surface area contributed by atoms with Gasteiger partial charge < -0.3 is 14.4 Å². The summed E-state index contributed by atoms with van der Waals surface area (Å²) in [5.74, 6) is -0.619. The van der Waals surface area contributed by atoms with Gasteiger partial charge in [-0.1, -0.05) is 38.8 Å². The zero-order chi connectivity index (χ0) is 27.2. The van der Waals surface area contributed by atoms with Crippen molar-refractivity contribution in [2.24, 2.45) is 12.5 Å². The van der Waals surface area contributed by atoms with Gasteiger partial charge in [0.05, 0.1) is 31.3 Å². The smallest absolute Gasteiger partial charge is 0.323 e. The Labute approximate surface area is 223 Å². The number of aromatic nitrogens is 2. The summed E-state index contributed by atoms with van der Waals surface area (Å²) < 4.78 is 39.8. The molecule has 1 fully saturated rings. The summed E-state index contributed by atoms with van der Waals surface area (Å²) in [6.07, 6.45) is 9.11. The summed E-state index contributed by atoms with van der Waals surface area (Å²) in [6.45, 7) is 5.21. The molecule has 7 nitrogen and oxygen atoms in total. The number of benzene rings is 2. The number of anilines is 1. The van der Waals surface area contributed by atoms with Crippen molar-refractivity contribution in [1.29, 1.82) is 0 Å². The van der Waals surface area contributed by atoms with Gasteiger partial charge in [-0.15, -0.1) is 0 Å². The van der Waals surface area contributed by atoms with Crippen LogP contribution < -0.4 is 5.32 Å². The first-order valence-corrected chi connectivity index (χ1v) is 14.7. The molecule has 0 radical (unpaired) electrons. The number of hydrogen-bond donors (Lipinski definition) is 1. The Hall–Kier alpha value is -3.06. The third-order valence-corrected chi connectivity index (χ3v) is 8.84. The van der Waals surface area contributed by atoms with Crippen molar-refractivity contribution < 1.29 is 22.8 Å². The number of aryl methyl sites for hydroxylation is 1. The highest BCUT2D eigenvalue weighted by Gasteiger charge is 2.40. The summed E-state index contributed by atoms with van der Waals surface area (Å²) in [6, 6.07) is 13.3. The second-order valence-electron chi connectivity index (χ2n) is 9.87. The van der Waals surface area contributed by atoms with Gasteiger partial charge in [-0.3, -0.25) is 14.0 Å². The van der Waals surface area contributed by atoms with Gasteiger partial charge in [-0.2, -0.15) is 5.10 Å². The fourth-order valence-corrected chi connectivity index (χ4v) is 6.38. The molecule has 2 heterocycles. The summed E-state index contributed by atoms with van der Waals surface area (Å²) >= 11 is 0. The maximum Gasteiger partial charge on any atom is 0.335 e. The number of amides is 1. The Kier molecular flexibility index (Phi) is 8.98. The highest BCUT2D eigenvalue weighted by molar-refractivity contribution is 7.53. The van der Waals surface area contributed by atoms with Crippen molar-refractivity contribution in [1.82, 2.24) is 9.78 Å². The normalized spacial score (nSPS) is 21.6. The van der Waals surface area contributed by atoms with Gasteiger partial charge in [0.2, 0.25) is 5.91 Å². The van der Waals surface area contributed by atoms with Gasteiger partial charge in [0, 0.05) is 35.4 Å². The number of hydrogen-bond acceptors (Lipinski definition) is 5. The third-order valence-electron chi connectivity index (χ3n) is 7.04. The van der Waals surface area contributed by atoms with Crippen molar-refractivity contribution in [3.63, 3.8) is 0 Å². The molecule has 3 aromatic rings. The van der Waals surface area contributed by atoms with E-state index >= 15 is 0 Å². The Morgan fingerprint density at radius 3 is 2.45 bits per heavy atom. The predicted octanol–water partition coefficient (Wildman–Crippen LogP) is 7.20. The highest BCUT2D eigenvalue weighted by Crippen LogP contribution is 2.57. The van der Waals surface area contributed by atoms with Crippen LogP contribution in [0.4, 0.5) is 10.1 Å². The highest BCUT2D eigenvalue weighted by atomic mass is 31.2. The van der Waals surface area contributed by atoms with Crippen LogP contribution in [0.1, 0.15) is 50.7 Å². The number of unbranched alkanes of at least 4 members (excludes halogenated alkanes) is 1. The van der Waals surface area contributed by atoms with Gasteiger partial charge in [-0.05, 0) is 60.9 Å². The van der Waals surface area contributed by atoms with Crippen LogP contribution in [0.5, 0.6) is 0 Å². The molecule has 1 aliphatic heterocycles. The molecule has 0 saturated carbocycles. The van der Waals surface area contributed by atoms with Crippen LogP contribution in [0.3, 0.4) is 0 Å². The van der Waals surface area contributed by atoms with Crippen molar-refractivity contribution in [2.45, 2.75) is 45.7 Å². The number of nitrogens with one attached hydrogen (secondary N) is 1. The average Bonchev–Trinajstić information content (AvgIpc) is 3.29. The molecule has 1 amide bonds. The molecule has 0 spiro atoms. The minimum atomic E-state index is -3.21. The van der Waals surface area contributed by atoms with Crippen LogP contribution in [0.25, 0.3) is 17.3 Å². The minimum absolute atomic E-state index is 0.0544. The van der Waals surface area contributed by atoms with E-state index in [-0.39, 0.29) is 23.3 Å². The Balaban J connectivity index is 1.34. The molecule has 0 bridgehead atoms. The zero-order valence-corrected chi connectivity index (χ0v) is 23.0. The predicted molar refractivity (Wildman–Crippen MR) is 148 cm³/mol. The molecule has 2 aromatic carbocycles. The largest absolute Gasteiger partial charge is 0.335 e. The zero-order valence-electron chi connectivity index (χ0n) is 22.2. The second kappa shape index (κ2) is 12.2. The second-order valence-corrected chi connectivity index (χ2v) is 11.9. The van der Waals surface area contributed by atoms with E-state index in [0.29, 0.717) is 18.9 Å². The molecule has 0 atom stereocenters. The lowest BCUT2D eigenvalue weighted by Crippen LogP contribution is -2.35. The lowest BCUT2D eigenvalue weighted by Gasteiger charge is -2.39. The van der Waals surface area contributed by atoms with Crippen molar-refractivity contribution in [3.05, 3.63) is 77.7 Å². The van der Waals surface area contributed by atoms with Crippen LogP contribution in [-0.2, 0) is 31.6 Å². The van der Waals surface area contributed by atoms with Crippen molar-refractivity contribution in [3.8, 4) is 11.3 Å². The number of carbonyl (C=O) groups is 1. The van der Waals surface area contributed by atoms with E-state index in [1.165, 1.54) is 18.2 Å². The molecule has 1 aromatic heterocycles. The van der Waals surface area contributed by atoms with Crippen molar-refractivity contribution in [2.75, 3.05) is 18.5 Å². The number of nitrogens with zero attached hydrogens (tertiary/aromatic N) is 2. The monoisotopic (exact) mass is 539 g/mol. The fourth-order valence-electron chi connectivity index (χ4n) is 4.52. The van der Waals surface area contributed by atoms with E-state index < -0.39 is 7.60 Å². The molecule has 1 N–H and O–H groups in total. The Morgan fingerprint density at radius 1 is 1.13 bits per heavy atom. The molecular formula is C29H35FN3O4P. The Morgan fingerprint density at radius 2 is 1.82 bits per heavy atom. The molecule has 38 heavy (non-hydrogen) atoms. The van der Waals surface area contributed by atoms with E-state index in [2.05, 4.69) is 24.3 Å². The third kappa shape index (κ3) is 6.87. The summed E-state index contributed by atoms with van der Waals surface area (Å²) in [4.78, 5) is 12.5. The van der Waals surface area contributed by atoms with Crippen LogP contribution in [0, 0.1) is 11.2 Å². The minimum Gasteiger partial charge on any atom is -0.323 e. The first kappa shape index (κ1) is 28.0. The van der Waals surface area contributed by atoms with Crippen LogP contribution in [0.15, 0.2) is 60.8 Å². The average molecular weight is 540 g/mol. The number of carbonyl (C=O) groups excluding carboxylic acids is 1. The first-order chi connectivity index (χ1) is 18.2. The van der Waals surface area contributed by atoms with E-state index in [1.54, 1.807) is 48.3 Å². The summed E-state index contributed by atoms with van der Waals surface area (Å²) in [7, 11) is -1.41. The topological polar surface area (TPSA) is 82.5 Å². The number of halogens is 1. The van der Waals surface area contributed by atoms with Crippen LogP contribution in [-0.4, -0.2) is 28.9 Å². The molecular weight excluding hydrogens is 504 g/mol. The number of rotatable bonds is 10. The summed E-state index contributed by atoms with van der Waals surface area (Å²) in [5, 5.41) is 7.09. The fraction of sp³-hybridized carbons (Fsp3) is 0.379. The molecule has 9 heteroatoms. The lowest BCUT2D eigenvalue weighted by atomic mass is 9.82. The van der Waals surface area contributed by atoms with E-state index in [0.717, 1.165) is 48.1 Å². The molecule has 4 rings (SSSR count). The first-order valence-electron chi connectivity index (χ1n) is 13.0. The lowest BCUT2D eigenvalue weighted by molar-refractivity contribution is -0.111. The molecule has 1 saturated heterocycles. The Bertz CT molecular complexity index is 1310. The van der Waals surface area contributed by atoms with Gasteiger partial charge in [0.15, 0.2) is 0 Å². The van der Waals surface area contributed by atoms with Gasteiger partial charge in [0.1, 0.15) is 5.82 Å². The quantitative estimate of drug-likeness (QED) is 0.218. The molecule has 1 aliphatic rings. The summed E-state index contributed by atoms with van der Waals surface area (Å²) in [5.41, 5.74) is 3.69. The molecule has 0 aliphatic carbocycles. The molecule has 202 valence electrons. The van der Waals surface area contributed by atoms with Gasteiger partial charge in [0.25, 0.3) is 0 Å². The standard InChI is InChI=1S/C29H35FN3O4P/c1-4-6-17-29(5-2)20-36-38(35,37-21-29)19-22-7-14-26(15-8-22)32-27(34)16-11-24-18-31-33(3)28(24)23-9-12-25(30)13-10-23/h7-16,18H,4-6,17,19-21H2,1-3H3,(H,32,34)/b16-11+. The van der Waals surface area contributed by atoms with Crippen LogP contribution in [0.2, 0.25) is 0 Å². The van der Waals surface area contributed by atoms with Crippen molar-refractivity contribution >= 4 is 25.3 Å². The van der Waals surface area contributed by atoms with Gasteiger partial charge >= 0.3 is 7.60 Å². The van der Waals surface area contributed by atoms with E-state index in [4.69, 9.17) is 9.05 Å². The van der Waals surface area contributed by atoms with Gasteiger partial charge in [-0.25, -0.2) is 4.39 Å². The van der Waals surface area contributed by atoms with E-state index in [9.17, 15) is 13.8 Å².